The first kappa shape index (κ1) is 10.2. The van der Waals surface area contributed by atoms with E-state index in [-0.39, 0.29) is 0 Å². The van der Waals surface area contributed by atoms with Crippen molar-refractivity contribution in [3.05, 3.63) is 18.0 Å². The molecule has 1 heterocycles. The molecule has 2 N–H and O–H groups in total. The topological polar surface area (TPSA) is 41.9 Å². The van der Waals surface area contributed by atoms with Gasteiger partial charge in [0.15, 0.2) is 0 Å². The van der Waals surface area contributed by atoms with E-state index in [0.717, 1.165) is 26.1 Å². The van der Waals surface area contributed by atoms with E-state index in [0.29, 0.717) is 0 Å². The van der Waals surface area contributed by atoms with E-state index in [4.69, 9.17) is 0 Å². The Morgan fingerprint density at radius 3 is 2.92 bits per heavy atom. The standard InChI is InChI=1S/C9H18N4/c1-10-5-3-6-11-8-9-4-7-12-13(9)2/h4,7,10-11H,3,5-6,8H2,1-2H3. The summed E-state index contributed by atoms with van der Waals surface area (Å²) < 4.78 is 1.89. The predicted molar refractivity (Wildman–Crippen MR) is 53.5 cm³/mol. The summed E-state index contributed by atoms with van der Waals surface area (Å²) in [7, 11) is 3.94. The van der Waals surface area contributed by atoms with E-state index in [2.05, 4.69) is 15.7 Å². The molecular formula is C9H18N4. The largest absolute Gasteiger partial charge is 0.320 e. The van der Waals surface area contributed by atoms with Gasteiger partial charge in [-0.05, 0) is 32.6 Å². The Morgan fingerprint density at radius 2 is 2.31 bits per heavy atom. The highest BCUT2D eigenvalue weighted by molar-refractivity contribution is 4.98. The van der Waals surface area contributed by atoms with Crippen molar-refractivity contribution >= 4 is 0 Å². The molecule has 13 heavy (non-hydrogen) atoms. The van der Waals surface area contributed by atoms with Crippen LogP contribution in [0.2, 0.25) is 0 Å². The summed E-state index contributed by atoms with van der Waals surface area (Å²) in [5.41, 5.74) is 1.23. The van der Waals surface area contributed by atoms with Crippen molar-refractivity contribution in [3.63, 3.8) is 0 Å². The second kappa shape index (κ2) is 5.72. The zero-order chi connectivity index (χ0) is 9.52. The molecule has 1 aromatic heterocycles. The molecule has 0 radical (unpaired) electrons. The number of nitrogens with one attached hydrogen (secondary N) is 2. The van der Waals surface area contributed by atoms with Crippen LogP contribution >= 0.6 is 0 Å². The van der Waals surface area contributed by atoms with Gasteiger partial charge >= 0.3 is 0 Å². The number of hydrogen-bond acceptors (Lipinski definition) is 3. The van der Waals surface area contributed by atoms with Gasteiger partial charge in [0, 0.05) is 19.8 Å². The fourth-order valence-electron chi connectivity index (χ4n) is 1.18. The molecule has 0 aromatic carbocycles. The third kappa shape index (κ3) is 3.57. The summed E-state index contributed by atoms with van der Waals surface area (Å²) in [4.78, 5) is 0. The van der Waals surface area contributed by atoms with Gasteiger partial charge in [-0.3, -0.25) is 4.68 Å². The van der Waals surface area contributed by atoms with Crippen molar-refractivity contribution in [3.8, 4) is 0 Å². The Kier molecular flexibility index (Phi) is 4.49. The fraction of sp³-hybridized carbons (Fsp3) is 0.667. The molecule has 0 unspecified atom stereocenters. The van der Waals surface area contributed by atoms with Gasteiger partial charge < -0.3 is 10.6 Å². The van der Waals surface area contributed by atoms with Crippen molar-refractivity contribution < 1.29 is 0 Å². The summed E-state index contributed by atoms with van der Waals surface area (Å²) in [5, 5.41) is 10.6. The normalized spacial score (nSPS) is 10.6. The average molecular weight is 182 g/mol. The van der Waals surface area contributed by atoms with E-state index in [1.165, 1.54) is 5.69 Å². The first-order valence-electron chi connectivity index (χ1n) is 4.67. The molecule has 0 spiro atoms. The van der Waals surface area contributed by atoms with E-state index in [1.807, 2.05) is 31.0 Å². The maximum atomic E-state index is 4.10. The maximum absolute atomic E-state index is 4.10. The zero-order valence-electron chi connectivity index (χ0n) is 8.38. The minimum Gasteiger partial charge on any atom is -0.320 e. The Labute approximate surface area is 79.3 Å². The third-order valence-electron chi connectivity index (χ3n) is 2.01. The summed E-state index contributed by atoms with van der Waals surface area (Å²) in [6.07, 6.45) is 2.99. The van der Waals surface area contributed by atoms with Gasteiger partial charge in [0.05, 0.1) is 5.69 Å². The van der Waals surface area contributed by atoms with Gasteiger partial charge in [0.1, 0.15) is 0 Å². The van der Waals surface area contributed by atoms with Gasteiger partial charge in [-0.25, -0.2) is 0 Å². The average Bonchev–Trinajstić information content (AvgIpc) is 2.52. The molecule has 4 nitrogen and oxygen atoms in total. The van der Waals surface area contributed by atoms with Crippen LogP contribution in [0.25, 0.3) is 0 Å². The molecule has 1 aromatic rings. The third-order valence-corrected chi connectivity index (χ3v) is 2.01. The van der Waals surface area contributed by atoms with E-state index in [9.17, 15) is 0 Å². The van der Waals surface area contributed by atoms with Crippen LogP contribution in [0.15, 0.2) is 12.3 Å². The highest BCUT2D eigenvalue weighted by Gasteiger charge is 1.95. The maximum Gasteiger partial charge on any atom is 0.0518 e. The minimum atomic E-state index is 0.903. The highest BCUT2D eigenvalue weighted by Crippen LogP contribution is 1.94. The molecule has 0 saturated heterocycles. The molecule has 0 aliphatic carbocycles. The molecular weight excluding hydrogens is 164 g/mol. The van der Waals surface area contributed by atoms with Crippen molar-refractivity contribution in [1.29, 1.82) is 0 Å². The summed E-state index contributed by atoms with van der Waals surface area (Å²) in [5.74, 6) is 0. The van der Waals surface area contributed by atoms with Crippen LogP contribution in [0.5, 0.6) is 0 Å². The number of nitrogens with zero attached hydrogens (tertiary/aromatic N) is 2. The molecule has 0 atom stereocenters. The van der Waals surface area contributed by atoms with Crippen molar-refractivity contribution in [2.75, 3.05) is 20.1 Å². The second-order valence-electron chi connectivity index (χ2n) is 3.08. The Hall–Kier alpha value is -0.870. The van der Waals surface area contributed by atoms with Crippen LogP contribution in [0.4, 0.5) is 0 Å². The highest BCUT2D eigenvalue weighted by atomic mass is 15.3. The lowest BCUT2D eigenvalue weighted by atomic mass is 10.4. The lowest BCUT2D eigenvalue weighted by Crippen LogP contribution is -2.20. The second-order valence-corrected chi connectivity index (χ2v) is 3.08. The summed E-state index contributed by atoms with van der Waals surface area (Å²) in [6.45, 7) is 3.02. The van der Waals surface area contributed by atoms with E-state index < -0.39 is 0 Å². The molecule has 0 amide bonds. The van der Waals surface area contributed by atoms with E-state index >= 15 is 0 Å². The Balaban J connectivity index is 2.10. The Morgan fingerprint density at radius 1 is 1.46 bits per heavy atom. The summed E-state index contributed by atoms with van der Waals surface area (Å²) >= 11 is 0. The van der Waals surface area contributed by atoms with Crippen molar-refractivity contribution in [2.24, 2.45) is 7.05 Å². The van der Waals surface area contributed by atoms with Gasteiger partial charge in [-0.15, -0.1) is 0 Å². The molecule has 0 fully saturated rings. The van der Waals surface area contributed by atoms with Gasteiger partial charge in [0.25, 0.3) is 0 Å². The van der Waals surface area contributed by atoms with Crippen LogP contribution in [-0.2, 0) is 13.6 Å². The van der Waals surface area contributed by atoms with E-state index in [1.54, 1.807) is 0 Å². The minimum absolute atomic E-state index is 0.903. The number of aromatic nitrogens is 2. The van der Waals surface area contributed by atoms with Crippen LogP contribution < -0.4 is 10.6 Å². The molecule has 0 aliphatic heterocycles. The predicted octanol–water partition coefficient (Wildman–Crippen LogP) is 0.119. The Bertz CT molecular complexity index is 231. The van der Waals surface area contributed by atoms with Crippen molar-refractivity contribution in [2.45, 2.75) is 13.0 Å². The molecule has 0 aliphatic rings. The molecule has 0 saturated carbocycles. The summed E-state index contributed by atoms with van der Waals surface area (Å²) in [6, 6.07) is 2.03. The molecule has 0 bridgehead atoms. The van der Waals surface area contributed by atoms with Gasteiger partial charge in [-0.2, -0.15) is 5.10 Å². The SMILES string of the molecule is CNCCCNCc1ccnn1C. The lowest BCUT2D eigenvalue weighted by Gasteiger charge is -2.04. The quantitative estimate of drug-likeness (QED) is 0.614. The van der Waals surface area contributed by atoms with Crippen molar-refractivity contribution in [1.82, 2.24) is 20.4 Å². The number of rotatable bonds is 6. The first-order valence-corrected chi connectivity index (χ1v) is 4.67. The van der Waals surface area contributed by atoms with Crippen LogP contribution in [0, 0.1) is 0 Å². The molecule has 4 heteroatoms. The molecule has 74 valence electrons. The number of hydrogen-bond donors (Lipinski definition) is 2. The molecule has 1 rings (SSSR count). The first-order chi connectivity index (χ1) is 6.34. The lowest BCUT2D eigenvalue weighted by molar-refractivity contribution is 0.594. The van der Waals surface area contributed by atoms with Crippen LogP contribution in [-0.4, -0.2) is 29.9 Å². The fourth-order valence-corrected chi connectivity index (χ4v) is 1.18. The van der Waals surface area contributed by atoms with Gasteiger partial charge in [-0.1, -0.05) is 0 Å². The van der Waals surface area contributed by atoms with Gasteiger partial charge in [0.2, 0.25) is 0 Å². The monoisotopic (exact) mass is 182 g/mol. The van der Waals surface area contributed by atoms with Crippen LogP contribution in [0.1, 0.15) is 12.1 Å². The zero-order valence-corrected chi connectivity index (χ0v) is 8.38. The number of aryl methyl sites for hydroxylation is 1. The smallest absolute Gasteiger partial charge is 0.0518 e. The van der Waals surface area contributed by atoms with Crippen LogP contribution in [0.3, 0.4) is 0 Å².